The van der Waals surface area contributed by atoms with Gasteiger partial charge < -0.3 is 10.3 Å². The minimum Gasteiger partial charge on any atom is -0.342 e. The summed E-state index contributed by atoms with van der Waals surface area (Å²) in [5.74, 6) is 0.718. The van der Waals surface area contributed by atoms with Gasteiger partial charge in [0.2, 0.25) is 0 Å². The molecule has 0 aliphatic rings. The van der Waals surface area contributed by atoms with Crippen molar-refractivity contribution in [1.29, 1.82) is 0 Å². The fourth-order valence-corrected chi connectivity index (χ4v) is 2.81. The molecule has 3 rings (SSSR count). The molecular weight excluding hydrogens is 354 g/mol. The van der Waals surface area contributed by atoms with Crippen LogP contribution in [0.3, 0.4) is 0 Å². The maximum atomic E-state index is 12.5. The number of nitrogens with one attached hydrogen (secondary N) is 2. The first-order chi connectivity index (χ1) is 11.2. The molecule has 0 saturated carbocycles. The Morgan fingerprint density at radius 1 is 1.22 bits per heavy atom. The number of hydrogen-bond acceptors (Lipinski definition) is 2. The van der Waals surface area contributed by atoms with E-state index >= 15 is 0 Å². The molecule has 0 unspecified atom stereocenters. The third-order valence-electron chi connectivity index (χ3n) is 3.73. The molecule has 1 atom stereocenters. The van der Waals surface area contributed by atoms with Crippen molar-refractivity contribution < 1.29 is 4.79 Å². The molecule has 3 aromatic rings. The molecule has 0 spiro atoms. The van der Waals surface area contributed by atoms with E-state index in [2.05, 4.69) is 38.1 Å². The van der Waals surface area contributed by atoms with E-state index in [-0.39, 0.29) is 11.9 Å². The van der Waals surface area contributed by atoms with Gasteiger partial charge in [-0.2, -0.15) is 0 Å². The van der Waals surface area contributed by atoms with E-state index in [9.17, 15) is 4.79 Å². The van der Waals surface area contributed by atoms with Crippen LogP contribution in [0.15, 0.2) is 53.0 Å². The molecular formula is C18H18BrN3O. The summed E-state index contributed by atoms with van der Waals surface area (Å²) in [6, 6.07) is 15.1. The number of carbonyl (C=O) groups excluding carboxylic acids is 1. The fraction of sp³-hybridized carbons (Fsp3) is 0.222. The molecule has 0 bridgehead atoms. The average Bonchev–Trinajstić information content (AvgIpc) is 2.99. The van der Waals surface area contributed by atoms with E-state index in [0.29, 0.717) is 5.56 Å². The first-order valence-corrected chi connectivity index (χ1v) is 8.47. The third-order valence-corrected chi connectivity index (χ3v) is 4.26. The molecule has 23 heavy (non-hydrogen) atoms. The molecule has 5 heteroatoms. The first-order valence-electron chi connectivity index (χ1n) is 7.68. The number of benzene rings is 2. The highest BCUT2D eigenvalue weighted by Crippen LogP contribution is 2.20. The number of imidazole rings is 1. The van der Waals surface area contributed by atoms with Gasteiger partial charge in [-0.15, -0.1) is 0 Å². The first kappa shape index (κ1) is 15.7. The van der Waals surface area contributed by atoms with E-state index in [1.54, 1.807) is 12.1 Å². The third kappa shape index (κ3) is 3.62. The van der Waals surface area contributed by atoms with Gasteiger partial charge in [0.05, 0.1) is 17.1 Å². The summed E-state index contributed by atoms with van der Waals surface area (Å²) in [5, 5.41) is 3.08. The van der Waals surface area contributed by atoms with Gasteiger partial charge in [-0.05, 0) is 42.8 Å². The number of fused-ring (bicyclic) bond motifs is 1. The Morgan fingerprint density at radius 2 is 1.96 bits per heavy atom. The highest BCUT2D eigenvalue weighted by atomic mass is 79.9. The van der Waals surface area contributed by atoms with Crippen LogP contribution in [0.25, 0.3) is 11.0 Å². The van der Waals surface area contributed by atoms with E-state index < -0.39 is 0 Å². The fourth-order valence-electron chi connectivity index (χ4n) is 2.55. The van der Waals surface area contributed by atoms with E-state index in [1.807, 2.05) is 36.4 Å². The van der Waals surface area contributed by atoms with Crippen LogP contribution in [0.4, 0.5) is 0 Å². The predicted molar refractivity (Wildman–Crippen MR) is 95.4 cm³/mol. The number of H-pyrrole nitrogens is 1. The number of hydrogen-bond donors (Lipinski definition) is 2. The van der Waals surface area contributed by atoms with Gasteiger partial charge in [-0.1, -0.05) is 41.4 Å². The van der Waals surface area contributed by atoms with Crippen LogP contribution < -0.4 is 5.32 Å². The van der Waals surface area contributed by atoms with Crippen LogP contribution in [0, 0.1) is 0 Å². The number of carbonyl (C=O) groups is 1. The molecule has 0 fully saturated rings. The summed E-state index contributed by atoms with van der Waals surface area (Å²) in [6.07, 6.45) is 1.80. The van der Waals surface area contributed by atoms with Crippen LogP contribution in [0.5, 0.6) is 0 Å². The number of aromatic nitrogens is 2. The molecule has 4 nitrogen and oxygen atoms in total. The van der Waals surface area contributed by atoms with Crippen LogP contribution in [-0.2, 0) is 0 Å². The number of amides is 1. The summed E-state index contributed by atoms with van der Waals surface area (Å²) < 4.78 is 0.955. The molecule has 0 saturated heterocycles. The van der Waals surface area contributed by atoms with Crippen LogP contribution in [0.1, 0.15) is 42.0 Å². The number of rotatable bonds is 5. The normalized spacial score (nSPS) is 12.3. The monoisotopic (exact) mass is 371 g/mol. The molecule has 0 aliphatic carbocycles. The smallest absolute Gasteiger partial charge is 0.251 e. The molecule has 1 amide bonds. The van der Waals surface area contributed by atoms with Gasteiger partial charge in [0.15, 0.2) is 0 Å². The molecule has 118 valence electrons. The zero-order valence-electron chi connectivity index (χ0n) is 12.8. The van der Waals surface area contributed by atoms with Crippen molar-refractivity contribution in [1.82, 2.24) is 15.3 Å². The zero-order chi connectivity index (χ0) is 16.2. The van der Waals surface area contributed by atoms with Gasteiger partial charge in [0.25, 0.3) is 5.91 Å². The SMILES string of the molecule is CCC[C@@H](NC(=O)c1ccc(Br)cc1)c1nc2ccccc2[nH]1. The van der Waals surface area contributed by atoms with E-state index in [1.165, 1.54) is 0 Å². The Labute approximate surface area is 143 Å². The summed E-state index contributed by atoms with van der Waals surface area (Å²) in [7, 11) is 0. The lowest BCUT2D eigenvalue weighted by Gasteiger charge is -2.16. The Bertz CT molecular complexity index is 778. The lowest BCUT2D eigenvalue weighted by molar-refractivity contribution is 0.0932. The van der Waals surface area contributed by atoms with Crippen LogP contribution >= 0.6 is 15.9 Å². The lowest BCUT2D eigenvalue weighted by atomic mass is 10.1. The number of para-hydroxylation sites is 2. The largest absolute Gasteiger partial charge is 0.342 e. The van der Waals surface area contributed by atoms with E-state index in [0.717, 1.165) is 34.2 Å². The van der Waals surface area contributed by atoms with Crippen molar-refractivity contribution in [3.8, 4) is 0 Å². The van der Waals surface area contributed by atoms with Gasteiger partial charge in [-0.25, -0.2) is 4.98 Å². The Hall–Kier alpha value is -2.14. The molecule has 0 radical (unpaired) electrons. The highest BCUT2D eigenvalue weighted by Gasteiger charge is 2.18. The molecule has 2 N–H and O–H groups in total. The van der Waals surface area contributed by atoms with Crippen molar-refractivity contribution in [2.24, 2.45) is 0 Å². The zero-order valence-corrected chi connectivity index (χ0v) is 14.4. The average molecular weight is 372 g/mol. The minimum atomic E-state index is -0.122. The summed E-state index contributed by atoms with van der Waals surface area (Å²) in [6.45, 7) is 2.10. The molecule has 1 aromatic heterocycles. The summed E-state index contributed by atoms with van der Waals surface area (Å²) >= 11 is 3.38. The van der Waals surface area contributed by atoms with Crippen molar-refractivity contribution in [2.75, 3.05) is 0 Å². The highest BCUT2D eigenvalue weighted by molar-refractivity contribution is 9.10. The topological polar surface area (TPSA) is 57.8 Å². The molecule has 0 aliphatic heterocycles. The quantitative estimate of drug-likeness (QED) is 0.688. The number of nitrogens with zero attached hydrogens (tertiary/aromatic N) is 1. The van der Waals surface area contributed by atoms with Crippen LogP contribution in [0.2, 0.25) is 0 Å². The molecule has 2 aromatic carbocycles. The lowest BCUT2D eigenvalue weighted by Crippen LogP contribution is -2.29. The Balaban J connectivity index is 1.83. The van der Waals surface area contributed by atoms with Crippen molar-refractivity contribution in [2.45, 2.75) is 25.8 Å². The summed E-state index contributed by atoms with van der Waals surface area (Å²) in [4.78, 5) is 20.4. The second-order valence-corrected chi connectivity index (χ2v) is 6.38. The minimum absolute atomic E-state index is 0.0867. The van der Waals surface area contributed by atoms with Crippen molar-refractivity contribution in [3.05, 3.63) is 64.4 Å². The Kier molecular flexibility index (Phi) is 4.76. The van der Waals surface area contributed by atoms with E-state index in [4.69, 9.17) is 0 Å². The van der Waals surface area contributed by atoms with Gasteiger partial charge in [-0.3, -0.25) is 4.79 Å². The van der Waals surface area contributed by atoms with Gasteiger partial charge in [0, 0.05) is 10.0 Å². The molecule has 1 heterocycles. The van der Waals surface area contributed by atoms with Crippen LogP contribution in [-0.4, -0.2) is 15.9 Å². The summed E-state index contributed by atoms with van der Waals surface area (Å²) in [5.41, 5.74) is 2.55. The second kappa shape index (κ2) is 6.96. The van der Waals surface area contributed by atoms with Gasteiger partial charge >= 0.3 is 0 Å². The maximum absolute atomic E-state index is 12.5. The number of halogens is 1. The number of aromatic amines is 1. The predicted octanol–water partition coefficient (Wildman–Crippen LogP) is 4.60. The van der Waals surface area contributed by atoms with Gasteiger partial charge in [0.1, 0.15) is 5.82 Å². The standard InChI is InChI=1S/C18H18BrN3O/c1-2-5-16(17-20-14-6-3-4-7-15(14)21-17)22-18(23)12-8-10-13(19)11-9-12/h3-4,6-11,16H,2,5H2,1H3,(H,20,21)(H,22,23)/t16-/m1/s1. The maximum Gasteiger partial charge on any atom is 0.251 e. The van der Waals surface area contributed by atoms with Crippen molar-refractivity contribution >= 4 is 32.9 Å². The Morgan fingerprint density at radius 3 is 2.65 bits per heavy atom. The van der Waals surface area contributed by atoms with Crippen molar-refractivity contribution in [3.63, 3.8) is 0 Å². The second-order valence-electron chi connectivity index (χ2n) is 5.46.